The fraction of sp³-hybridized carbons (Fsp3) is 1.00. The van der Waals surface area contributed by atoms with E-state index >= 15 is 0 Å². The Labute approximate surface area is 99.0 Å². The van der Waals surface area contributed by atoms with E-state index < -0.39 is 0 Å². The Bertz CT molecular complexity index is 189. The first-order valence-corrected chi connectivity index (χ1v) is 7.08. The minimum Gasteiger partial charge on any atom is -0.326 e. The van der Waals surface area contributed by atoms with Gasteiger partial charge in [-0.05, 0) is 11.8 Å². The average molecular weight is 230 g/mol. The number of thioether (sulfide) groups is 1. The molecule has 0 radical (unpaired) electrons. The molecule has 2 unspecified atom stereocenters. The van der Waals surface area contributed by atoms with Crippen LogP contribution in [-0.4, -0.2) is 41.6 Å². The van der Waals surface area contributed by atoms with Crippen LogP contribution < -0.4 is 5.73 Å². The second-order valence-electron chi connectivity index (χ2n) is 5.63. The van der Waals surface area contributed by atoms with Crippen LogP contribution in [0.2, 0.25) is 0 Å². The zero-order chi connectivity index (χ0) is 11.5. The van der Waals surface area contributed by atoms with Crippen molar-refractivity contribution < 1.29 is 0 Å². The van der Waals surface area contributed by atoms with Crippen molar-refractivity contribution in [1.82, 2.24) is 4.90 Å². The van der Waals surface area contributed by atoms with E-state index in [0.29, 0.717) is 0 Å². The summed E-state index contributed by atoms with van der Waals surface area (Å²) in [6, 6.07) is 0.290. The predicted octanol–water partition coefficient (Wildman–Crippen LogP) is 2.19. The Kier molecular flexibility index (Phi) is 4.94. The lowest BCUT2D eigenvalue weighted by Crippen LogP contribution is -2.49. The lowest BCUT2D eigenvalue weighted by atomic mass is 9.87. The molecule has 2 N–H and O–H groups in total. The van der Waals surface area contributed by atoms with E-state index in [1.165, 1.54) is 25.3 Å². The van der Waals surface area contributed by atoms with Gasteiger partial charge < -0.3 is 5.73 Å². The molecule has 0 amide bonds. The zero-order valence-electron chi connectivity index (χ0n) is 10.6. The average Bonchev–Trinajstić information content (AvgIpc) is 2.16. The number of nitrogens with two attached hydrogens (primary N) is 1. The Morgan fingerprint density at radius 3 is 2.67 bits per heavy atom. The zero-order valence-corrected chi connectivity index (χ0v) is 11.4. The third-order valence-electron chi connectivity index (χ3n) is 3.25. The van der Waals surface area contributed by atoms with Crippen LogP contribution in [0.5, 0.6) is 0 Å². The van der Waals surface area contributed by atoms with E-state index in [1.807, 2.05) is 0 Å². The quantitative estimate of drug-likeness (QED) is 0.806. The van der Waals surface area contributed by atoms with Crippen molar-refractivity contribution in [2.24, 2.45) is 11.1 Å². The molecule has 1 rings (SSSR count). The van der Waals surface area contributed by atoms with Gasteiger partial charge in [0.05, 0.1) is 0 Å². The van der Waals surface area contributed by atoms with Crippen molar-refractivity contribution >= 4 is 11.8 Å². The van der Waals surface area contributed by atoms with Crippen LogP contribution in [0.25, 0.3) is 0 Å². The van der Waals surface area contributed by atoms with E-state index in [1.54, 1.807) is 0 Å². The maximum Gasteiger partial charge on any atom is 0.0217 e. The van der Waals surface area contributed by atoms with Gasteiger partial charge in [-0.15, -0.1) is 0 Å². The smallest absolute Gasteiger partial charge is 0.0217 e. The molecule has 0 aromatic carbocycles. The first-order valence-electron chi connectivity index (χ1n) is 6.03. The standard InChI is InChI=1S/C12H26N2S/c1-5-10-8-14(6-7-15-10)9-11(13)12(2,3)4/h10-11H,5-9,13H2,1-4H3. The fourth-order valence-electron chi connectivity index (χ4n) is 1.75. The Balaban J connectivity index is 2.38. The van der Waals surface area contributed by atoms with Gasteiger partial charge in [-0.25, -0.2) is 0 Å². The Hall–Kier alpha value is 0.270. The molecule has 0 aromatic rings. The summed E-state index contributed by atoms with van der Waals surface area (Å²) >= 11 is 2.12. The van der Waals surface area contributed by atoms with Crippen molar-refractivity contribution in [1.29, 1.82) is 0 Å². The highest BCUT2D eigenvalue weighted by Crippen LogP contribution is 2.23. The van der Waals surface area contributed by atoms with Crippen molar-refractivity contribution in [3.05, 3.63) is 0 Å². The maximum atomic E-state index is 6.22. The predicted molar refractivity (Wildman–Crippen MR) is 70.4 cm³/mol. The molecule has 90 valence electrons. The molecule has 0 bridgehead atoms. The minimum absolute atomic E-state index is 0.228. The van der Waals surface area contributed by atoms with Crippen molar-refractivity contribution in [2.75, 3.05) is 25.4 Å². The summed E-state index contributed by atoms with van der Waals surface area (Å²) in [5.41, 5.74) is 6.45. The van der Waals surface area contributed by atoms with Crippen LogP contribution in [0.4, 0.5) is 0 Å². The van der Waals surface area contributed by atoms with Gasteiger partial charge in [-0.2, -0.15) is 11.8 Å². The molecule has 3 heteroatoms. The fourth-order valence-corrected chi connectivity index (χ4v) is 2.99. The van der Waals surface area contributed by atoms with Gasteiger partial charge in [0.2, 0.25) is 0 Å². The first kappa shape index (κ1) is 13.3. The number of hydrogen-bond acceptors (Lipinski definition) is 3. The number of nitrogens with zero attached hydrogens (tertiary/aromatic N) is 1. The SMILES string of the molecule is CCC1CN(CC(N)C(C)(C)C)CCS1. The van der Waals surface area contributed by atoms with Crippen LogP contribution in [0.1, 0.15) is 34.1 Å². The summed E-state index contributed by atoms with van der Waals surface area (Å²) in [6.45, 7) is 12.5. The van der Waals surface area contributed by atoms with Crippen LogP contribution >= 0.6 is 11.8 Å². The maximum absolute atomic E-state index is 6.22. The molecule has 15 heavy (non-hydrogen) atoms. The molecule has 1 fully saturated rings. The molecule has 1 heterocycles. The summed E-state index contributed by atoms with van der Waals surface area (Å²) in [5, 5.41) is 0.825. The molecule has 0 aliphatic carbocycles. The second kappa shape index (κ2) is 5.55. The minimum atomic E-state index is 0.228. The van der Waals surface area contributed by atoms with Gasteiger partial charge in [0.15, 0.2) is 0 Å². The van der Waals surface area contributed by atoms with Gasteiger partial charge in [0, 0.05) is 36.7 Å². The molecule has 0 aromatic heterocycles. The summed E-state index contributed by atoms with van der Waals surface area (Å²) in [6.07, 6.45) is 1.28. The van der Waals surface area contributed by atoms with Crippen LogP contribution in [0.15, 0.2) is 0 Å². The largest absolute Gasteiger partial charge is 0.326 e. The van der Waals surface area contributed by atoms with E-state index in [2.05, 4.69) is 44.4 Å². The molecule has 0 saturated carbocycles. The third-order valence-corrected chi connectivity index (χ3v) is 4.62. The van der Waals surface area contributed by atoms with E-state index in [-0.39, 0.29) is 11.5 Å². The highest BCUT2D eigenvalue weighted by atomic mass is 32.2. The second-order valence-corrected chi connectivity index (χ2v) is 7.04. The highest BCUT2D eigenvalue weighted by Gasteiger charge is 2.26. The van der Waals surface area contributed by atoms with Crippen molar-refractivity contribution in [3.8, 4) is 0 Å². The van der Waals surface area contributed by atoms with Gasteiger partial charge in [0.25, 0.3) is 0 Å². The molecule has 0 spiro atoms. The van der Waals surface area contributed by atoms with Crippen LogP contribution in [0.3, 0.4) is 0 Å². The van der Waals surface area contributed by atoms with Gasteiger partial charge in [-0.3, -0.25) is 4.90 Å². The summed E-state index contributed by atoms with van der Waals surface area (Å²) in [5.74, 6) is 1.27. The molecule has 1 aliphatic rings. The molecule has 2 atom stereocenters. The monoisotopic (exact) mass is 230 g/mol. The molecule has 1 aliphatic heterocycles. The van der Waals surface area contributed by atoms with Crippen LogP contribution in [0, 0.1) is 5.41 Å². The molecule has 1 saturated heterocycles. The van der Waals surface area contributed by atoms with Crippen LogP contribution in [-0.2, 0) is 0 Å². The first-order chi connectivity index (χ1) is 6.93. The topological polar surface area (TPSA) is 29.3 Å². The normalized spacial score (nSPS) is 26.6. The Morgan fingerprint density at radius 2 is 2.13 bits per heavy atom. The summed E-state index contributed by atoms with van der Waals surface area (Å²) < 4.78 is 0. The third kappa shape index (κ3) is 4.33. The Morgan fingerprint density at radius 1 is 1.47 bits per heavy atom. The van der Waals surface area contributed by atoms with Crippen molar-refractivity contribution in [3.63, 3.8) is 0 Å². The lowest BCUT2D eigenvalue weighted by Gasteiger charge is -2.37. The summed E-state index contributed by atoms with van der Waals surface area (Å²) in [4.78, 5) is 2.54. The number of rotatable bonds is 3. The van der Waals surface area contributed by atoms with Gasteiger partial charge >= 0.3 is 0 Å². The summed E-state index contributed by atoms with van der Waals surface area (Å²) in [7, 11) is 0. The molecule has 2 nitrogen and oxygen atoms in total. The highest BCUT2D eigenvalue weighted by molar-refractivity contribution is 8.00. The van der Waals surface area contributed by atoms with E-state index in [4.69, 9.17) is 5.73 Å². The van der Waals surface area contributed by atoms with Gasteiger partial charge in [0.1, 0.15) is 0 Å². The van der Waals surface area contributed by atoms with Crippen molar-refractivity contribution in [2.45, 2.75) is 45.4 Å². The number of hydrogen-bond donors (Lipinski definition) is 1. The molecular formula is C12H26N2S. The lowest BCUT2D eigenvalue weighted by molar-refractivity contribution is 0.202. The van der Waals surface area contributed by atoms with Gasteiger partial charge in [-0.1, -0.05) is 27.7 Å². The van der Waals surface area contributed by atoms with E-state index in [9.17, 15) is 0 Å². The van der Waals surface area contributed by atoms with E-state index in [0.717, 1.165) is 11.8 Å². The molecular weight excluding hydrogens is 204 g/mol.